The normalized spacial score (nSPS) is 10.3. The fourth-order valence-corrected chi connectivity index (χ4v) is 1.97. The van der Waals surface area contributed by atoms with Crippen molar-refractivity contribution in [3.8, 4) is 0 Å². The zero-order valence-electron chi connectivity index (χ0n) is 15.5. The van der Waals surface area contributed by atoms with Gasteiger partial charge in [-0.05, 0) is 38.8 Å². The first-order chi connectivity index (χ1) is 11.7. The summed E-state index contributed by atoms with van der Waals surface area (Å²) in [6, 6.07) is 6.97. The Kier molecular flexibility index (Phi) is 11.7. The topological polar surface area (TPSA) is 93.4 Å². The second-order valence-electron chi connectivity index (χ2n) is 6.42. The molecule has 0 aliphatic heterocycles. The molecule has 1 aromatic rings. The van der Waals surface area contributed by atoms with Gasteiger partial charge in [0.15, 0.2) is 0 Å². The van der Waals surface area contributed by atoms with Gasteiger partial charge in [-0.2, -0.15) is 0 Å². The summed E-state index contributed by atoms with van der Waals surface area (Å²) >= 11 is 5.38. The average Bonchev–Trinajstić information content (AvgIpc) is 2.53. The Balaban J connectivity index is 0.000000823. The van der Waals surface area contributed by atoms with E-state index in [2.05, 4.69) is 12.2 Å². The van der Waals surface area contributed by atoms with Gasteiger partial charge in [0.05, 0.1) is 6.42 Å². The van der Waals surface area contributed by atoms with Crippen molar-refractivity contribution in [2.75, 3.05) is 11.2 Å². The molecule has 25 heavy (non-hydrogen) atoms. The number of halogens is 1. The predicted octanol–water partition coefficient (Wildman–Crippen LogP) is 3.98. The number of carbonyl (C=O) groups excluding carboxylic acids is 2. The molecule has 0 aromatic heterocycles. The maximum atomic E-state index is 11.7. The van der Waals surface area contributed by atoms with Gasteiger partial charge < -0.3 is 4.74 Å². The van der Waals surface area contributed by atoms with Crippen molar-refractivity contribution in [1.29, 1.82) is 0 Å². The predicted molar refractivity (Wildman–Crippen MR) is 103 cm³/mol. The van der Waals surface area contributed by atoms with E-state index in [0.717, 1.165) is 5.88 Å². The highest BCUT2D eigenvalue weighted by Crippen LogP contribution is 2.17. The Morgan fingerprint density at radius 2 is 1.84 bits per heavy atom. The summed E-state index contributed by atoms with van der Waals surface area (Å²) in [5.74, 6) is 5.54. The fraction of sp³-hybridized carbons (Fsp3) is 0.556. The van der Waals surface area contributed by atoms with Gasteiger partial charge in [-0.3, -0.25) is 15.5 Å². The monoisotopic (exact) mass is 371 g/mol. The minimum Gasteiger partial charge on any atom is -0.444 e. The van der Waals surface area contributed by atoms with Crippen molar-refractivity contribution in [1.82, 2.24) is 5.43 Å². The van der Waals surface area contributed by atoms with Gasteiger partial charge in [-0.1, -0.05) is 38.0 Å². The minimum atomic E-state index is -0.576. The molecule has 6 nitrogen and oxygen atoms in total. The van der Waals surface area contributed by atoms with Gasteiger partial charge in [0.2, 0.25) is 5.91 Å². The van der Waals surface area contributed by atoms with E-state index in [1.54, 1.807) is 45.0 Å². The highest BCUT2D eigenvalue weighted by atomic mass is 35.5. The molecule has 1 rings (SSSR count). The van der Waals surface area contributed by atoms with E-state index in [-0.39, 0.29) is 12.3 Å². The number of nitrogens with two attached hydrogens (primary N) is 1. The first kappa shape index (κ1) is 23.2. The largest absolute Gasteiger partial charge is 0.444 e. The Bertz CT molecular complexity index is 527. The van der Waals surface area contributed by atoms with Crippen LogP contribution in [0.15, 0.2) is 24.3 Å². The number of hydrogen-bond acceptors (Lipinski definition) is 4. The first-order valence-electron chi connectivity index (χ1n) is 8.36. The van der Waals surface area contributed by atoms with Crippen LogP contribution in [0.1, 0.15) is 52.5 Å². The number of hydrogen-bond donors (Lipinski definition) is 3. The molecule has 4 N–H and O–H groups in total. The molecule has 0 atom stereocenters. The Hall–Kier alpha value is -1.79. The molecule has 0 fully saturated rings. The number of amides is 2. The third-order valence-corrected chi connectivity index (χ3v) is 3.17. The van der Waals surface area contributed by atoms with Crippen molar-refractivity contribution in [2.45, 2.75) is 59.0 Å². The standard InChI is InChI=1S/C13H19N3O3.C5H11Cl/c1-13(2,3)19-12(18)15-10-7-5-4-6-9(10)8-11(17)16-14;1-2-3-4-5-6/h4-7H,8,14H2,1-3H3,(H,15,18)(H,16,17);2-5H2,1H3. The lowest BCUT2D eigenvalue weighted by Crippen LogP contribution is -2.32. The summed E-state index contributed by atoms with van der Waals surface area (Å²) in [7, 11) is 0. The van der Waals surface area contributed by atoms with Crippen LogP contribution in [0.25, 0.3) is 0 Å². The zero-order chi connectivity index (χ0) is 19.3. The molecule has 0 aliphatic rings. The maximum absolute atomic E-state index is 11.7. The first-order valence-corrected chi connectivity index (χ1v) is 8.90. The van der Waals surface area contributed by atoms with Gasteiger partial charge >= 0.3 is 6.09 Å². The summed E-state index contributed by atoms with van der Waals surface area (Å²) in [4.78, 5) is 22.9. The average molecular weight is 372 g/mol. The second-order valence-corrected chi connectivity index (χ2v) is 6.80. The van der Waals surface area contributed by atoms with E-state index in [1.165, 1.54) is 19.3 Å². The van der Waals surface area contributed by atoms with Gasteiger partial charge in [-0.25, -0.2) is 10.6 Å². The van der Waals surface area contributed by atoms with Crippen LogP contribution in [0.2, 0.25) is 0 Å². The van der Waals surface area contributed by atoms with Crippen LogP contribution in [0.3, 0.4) is 0 Å². The molecule has 0 saturated carbocycles. The number of para-hydroxylation sites is 1. The van der Waals surface area contributed by atoms with Crippen LogP contribution in [-0.2, 0) is 16.0 Å². The number of nitrogens with one attached hydrogen (secondary N) is 2. The van der Waals surface area contributed by atoms with E-state index in [4.69, 9.17) is 22.2 Å². The number of benzene rings is 1. The van der Waals surface area contributed by atoms with Crippen molar-refractivity contribution < 1.29 is 14.3 Å². The number of alkyl halides is 1. The highest BCUT2D eigenvalue weighted by Gasteiger charge is 2.17. The summed E-state index contributed by atoms with van der Waals surface area (Å²) in [5.41, 5.74) is 2.66. The molecule has 0 saturated heterocycles. The lowest BCUT2D eigenvalue weighted by molar-refractivity contribution is -0.120. The molecule has 0 aliphatic carbocycles. The third kappa shape index (κ3) is 12.3. The van der Waals surface area contributed by atoms with E-state index < -0.39 is 11.7 Å². The van der Waals surface area contributed by atoms with Crippen LogP contribution in [0.5, 0.6) is 0 Å². The van der Waals surface area contributed by atoms with Crippen molar-refractivity contribution in [2.24, 2.45) is 5.84 Å². The number of rotatable bonds is 6. The lowest BCUT2D eigenvalue weighted by atomic mass is 10.1. The quantitative estimate of drug-likeness (QED) is 0.232. The Morgan fingerprint density at radius 1 is 1.20 bits per heavy atom. The summed E-state index contributed by atoms with van der Waals surface area (Å²) in [6.07, 6.45) is 3.25. The number of ether oxygens (including phenoxy) is 1. The summed E-state index contributed by atoms with van der Waals surface area (Å²) in [5, 5.41) is 2.61. The smallest absolute Gasteiger partial charge is 0.412 e. The van der Waals surface area contributed by atoms with Gasteiger partial charge in [-0.15, -0.1) is 11.6 Å². The molecule has 142 valence electrons. The number of hydrazine groups is 1. The van der Waals surface area contributed by atoms with E-state index in [1.807, 2.05) is 5.43 Å². The molecule has 0 radical (unpaired) electrons. The van der Waals surface area contributed by atoms with Crippen LogP contribution in [0.4, 0.5) is 10.5 Å². The second kappa shape index (κ2) is 12.6. The molecule has 0 spiro atoms. The Morgan fingerprint density at radius 3 is 2.32 bits per heavy atom. The SMILES string of the molecule is CC(C)(C)OC(=O)Nc1ccccc1CC(=O)NN.CCCCCCl. The van der Waals surface area contributed by atoms with Gasteiger partial charge in [0, 0.05) is 11.6 Å². The van der Waals surface area contributed by atoms with Crippen LogP contribution in [-0.4, -0.2) is 23.5 Å². The Labute approximate surface area is 155 Å². The molecular formula is C18H30ClN3O3. The molecule has 2 amide bonds. The highest BCUT2D eigenvalue weighted by molar-refractivity contribution is 6.17. The minimum absolute atomic E-state index is 0.0858. The molecule has 1 aromatic carbocycles. The van der Waals surface area contributed by atoms with E-state index in [9.17, 15) is 9.59 Å². The van der Waals surface area contributed by atoms with Gasteiger partial charge in [0.25, 0.3) is 0 Å². The van der Waals surface area contributed by atoms with Crippen molar-refractivity contribution in [3.63, 3.8) is 0 Å². The van der Waals surface area contributed by atoms with Crippen molar-refractivity contribution >= 4 is 29.3 Å². The van der Waals surface area contributed by atoms with Crippen molar-refractivity contribution in [3.05, 3.63) is 29.8 Å². The van der Waals surface area contributed by atoms with Crippen LogP contribution in [0, 0.1) is 0 Å². The summed E-state index contributed by atoms with van der Waals surface area (Å²) in [6.45, 7) is 7.51. The lowest BCUT2D eigenvalue weighted by Gasteiger charge is -2.20. The molecule has 0 heterocycles. The molecule has 0 unspecified atom stereocenters. The number of anilines is 1. The van der Waals surface area contributed by atoms with Crippen LogP contribution < -0.4 is 16.6 Å². The third-order valence-electron chi connectivity index (χ3n) is 2.90. The maximum Gasteiger partial charge on any atom is 0.412 e. The van der Waals surface area contributed by atoms with Crippen LogP contribution >= 0.6 is 11.6 Å². The zero-order valence-corrected chi connectivity index (χ0v) is 16.3. The molecule has 0 bridgehead atoms. The molecule has 7 heteroatoms. The van der Waals surface area contributed by atoms with E-state index in [0.29, 0.717) is 11.3 Å². The fourth-order valence-electron chi connectivity index (χ4n) is 1.78. The number of unbranched alkanes of at least 4 members (excludes halogenated alkanes) is 2. The summed E-state index contributed by atoms with van der Waals surface area (Å²) < 4.78 is 5.15. The number of carbonyl (C=O) groups is 2. The van der Waals surface area contributed by atoms with Gasteiger partial charge in [0.1, 0.15) is 5.60 Å². The molecular weight excluding hydrogens is 342 g/mol. The van der Waals surface area contributed by atoms with E-state index >= 15 is 0 Å².